The monoisotopic (exact) mass is 305 g/mol. The second-order valence-electron chi connectivity index (χ2n) is 6.21. The van der Waals surface area contributed by atoms with Crippen LogP contribution in [0.1, 0.15) is 39.2 Å². The summed E-state index contributed by atoms with van der Waals surface area (Å²) in [7, 11) is 0. The third kappa shape index (κ3) is 2.64. The minimum absolute atomic E-state index is 0.0316. The van der Waals surface area contributed by atoms with Crippen LogP contribution in [0.25, 0.3) is 11.0 Å². The number of pyridine rings is 1. The lowest BCUT2D eigenvalue weighted by Gasteiger charge is -2.29. The zero-order valence-electron chi connectivity index (χ0n) is 12.2. The number of carboxylic acid groups (broad SMARTS) is 1. The van der Waals surface area contributed by atoms with Crippen LogP contribution in [0.3, 0.4) is 0 Å². The Morgan fingerprint density at radius 1 is 1.57 bits per heavy atom. The Morgan fingerprint density at radius 3 is 3.05 bits per heavy atom. The summed E-state index contributed by atoms with van der Waals surface area (Å²) in [6, 6.07) is 2.34. The van der Waals surface area contributed by atoms with Crippen LogP contribution in [-0.2, 0) is 4.79 Å². The maximum absolute atomic E-state index is 10.9. The fraction of sp³-hybridized carbons (Fsp3) is 0.533. The fourth-order valence-corrected chi connectivity index (χ4v) is 4.03. The molecule has 0 bridgehead atoms. The first kappa shape index (κ1) is 14.4. The fourth-order valence-electron chi connectivity index (χ4n) is 3.24. The van der Waals surface area contributed by atoms with Crippen molar-refractivity contribution in [3.8, 4) is 0 Å². The van der Waals surface area contributed by atoms with E-state index in [0.717, 1.165) is 22.6 Å². The average molecular weight is 305 g/mol. The average Bonchev–Trinajstić information content (AvgIpc) is 2.95. The van der Waals surface area contributed by atoms with Crippen molar-refractivity contribution in [1.29, 1.82) is 0 Å². The first-order valence-corrected chi connectivity index (χ1v) is 8.14. The molecule has 1 N–H and O–H groups in total. The summed E-state index contributed by atoms with van der Waals surface area (Å²) in [5, 5.41) is 9.73. The number of aromatic nitrogens is 3. The summed E-state index contributed by atoms with van der Waals surface area (Å²) in [5.74, 6) is -0.786. The molecule has 21 heavy (non-hydrogen) atoms. The van der Waals surface area contributed by atoms with Gasteiger partial charge in [0.2, 0.25) is 0 Å². The van der Waals surface area contributed by atoms with E-state index in [0.29, 0.717) is 6.04 Å². The Labute approximate surface area is 127 Å². The Bertz CT molecular complexity index is 681. The SMILES string of the molecule is CC1(C)CCCC1n1c(SCC(=O)O)nc2cnccc21. The van der Waals surface area contributed by atoms with E-state index < -0.39 is 5.97 Å². The van der Waals surface area contributed by atoms with Crippen LogP contribution in [0.15, 0.2) is 23.6 Å². The Kier molecular flexibility index (Phi) is 3.65. The van der Waals surface area contributed by atoms with E-state index in [1.165, 1.54) is 24.6 Å². The molecule has 2 aromatic rings. The third-order valence-electron chi connectivity index (χ3n) is 4.30. The summed E-state index contributed by atoms with van der Waals surface area (Å²) in [4.78, 5) is 19.6. The second-order valence-corrected chi connectivity index (χ2v) is 7.15. The summed E-state index contributed by atoms with van der Waals surface area (Å²) in [6.07, 6.45) is 7.02. The van der Waals surface area contributed by atoms with Gasteiger partial charge in [0.1, 0.15) is 5.52 Å². The van der Waals surface area contributed by atoms with Crippen LogP contribution in [0.2, 0.25) is 0 Å². The first-order valence-electron chi connectivity index (χ1n) is 7.15. The Hall–Kier alpha value is -1.56. The van der Waals surface area contributed by atoms with Gasteiger partial charge in [0.05, 0.1) is 17.5 Å². The number of aliphatic carboxylic acids is 1. The van der Waals surface area contributed by atoms with Crippen LogP contribution in [-0.4, -0.2) is 31.4 Å². The molecule has 2 heterocycles. The lowest BCUT2D eigenvalue weighted by atomic mass is 9.87. The maximum atomic E-state index is 10.9. The van der Waals surface area contributed by atoms with Crippen LogP contribution in [0.5, 0.6) is 0 Å². The second kappa shape index (κ2) is 5.33. The third-order valence-corrected chi connectivity index (χ3v) is 5.23. The molecule has 6 heteroatoms. The summed E-state index contributed by atoms with van der Waals surface area (Å²) in [6.45, 7) is 4.56. The van der Waals surface area contributed by atoms with Gasteiger partial charge in [-0.3, -0.25) is 9.78 Å². The van der Waals surface area contributed by atoms with Crippen molar-refractivity contribution in [3.63, 3.8) is 0 Å². The molecule has 1 unspecified atom stereocenters. The number of imidazole rings is 1. The number of fused-ring (bicyclic) bond motifs is 1. The number of carboxylic acids is 1. The Morgan fingerprint density at radius 2 is 2.38 bits per heavy atom. The van der Waals surface area contributed by atoms with Crippen LogP contribution in [0, 0.1) is 5.41 Å². The number of hydrogen-bond donors (Lipinski definition) is 1. The van der Waals surface area contributed by atoms with Gasteiger partial charge in [-0.1, -0.05) is 32.0 Å². The molecule has 0 amide bonds. The molecule has 5 nitrogen and oxygen atoms in total. The molecule has 112 valence electrons. The summed E-state index contributed by atoms with van der Waals surface area (Å²) >= 11 is 1.29. The number of thioether (sulfide) groups is 1. The molecule has 2 aromatic heterocycles. The van der Waals surface area contributed by atoms with Gasteiger partial charge >= 0.3 is 5.97 Å². The van der Waals surface area contributed by atoms with Crippen LogP contribution in [0.4, 0.5) is 0 Å². The number of rotatable bonds is 4. The minimum atomic E-state index is -0.817. The zero-order chi connectivity index (χ0) is 15.0. The molecule has 1 aliphatic carbocycles. The Balaban J connectivity index is 2.09. The molecular formula is C15H19N3O2S. The molecular weight excluding hydrogens is 286 g/mol. The predicted octanol–water partition coefficient (Wildman–Crippen LogP) is 3.36. The van der Waals surface area contributed by atoms with Gasteiger partial charge in [-0.25, -0.2) is 4.98 Å². The largest absolute Gasteiger partial charge is 0.481 e. The van der Waals surface area contributed by atoms with E-state index in [1.54, 1.807) is 12.4 Å². The molecule has 0 aromatic carbocycles. The molecule has 0 aliphatic heterocycles. The van der Waals surface area contributed by atoms with Crippen molar-refractivity contribution in [2.75, 3.05) is 5.75 Å². The molecule has 3 rings (SSSR count). The highest BCUT2D eigenvalue weighted by Crippen LogP contribution is 2.48. The van der Waals surface area contributed by atoms with Crippen molar-refractivity contribution in [2.24, 2.45) is 5.41 Å². The van der Waals surface area contributed by atoms with E-state index >= 15 is 0 Å². The predicted molar refractivity (Wildman–Crippen MR) is 82.6 cm³/mol. The van der Waals surface area contributed by atoms with Gasteiger partial charge in [0.25, 0.3) is 0 Å². The highest BCUT2D eigenvalue weighted by molar-refractivity contribution is 7.99. The van der Waals surface area contributed by atoms with Gasteiger partial charge in [-0.15, -0.1) is 0 Å². The lowest BCUT2D eigenvalue weighted by Crippen LogP contribution is -2.22. The van der Waals surface area contributed by atoms with Crippen molar-refractivity contribution >= 4 is 28.8 Å². The van der Waals surface area contributed by atoms with E-state index in [-0.39, 0.29) is 11.2 Å². The van der Waals surface area contributed by atoms with Crippen molar-refractivity contribution in [1.82, 2.24) is 14.5 Å². The summed E-state index contributed by atoms with van der Waals surface area (Å²) < 4.78 is 2.23. The summed E-state index contributed by atoms with van der Waals surface area (Å²) in [5.41, 5.74) is 2.10. The number of carbonyl (C=O) groups is 1. The van der Waals surface area contributed by atoms with Gasteiger partial charge in [-0.05, 0) is 24.3 Å². The maximum Gasteiger partial charge on any atom is 0.313 e. The smallest absolute Gasteiger partial charge is 0.313 e. The normalized spacial score (nSPS) is 21.0. The van der Waals surface area contributed by atoms with Crippen LogP contribution >= 0.6 is 11.8 Å². The first-order chi connectivity index (χ1) is 9.99. The highest BCUT2D eigenvalue weighted by atomic mass is 32.2. The van der Waals surface area contributed by atoms with Gasteiger partial charge in [0.15, 0.2) is 5.16 Å². The molecule has 1 fully saturated rings. The van der Waals surface area contributed by atoms with Crippen molar-refractivity contribution in [3.05, 3.63) is 18.5 Å². The number of nitrogens with zero attached hydrogens (tertiary/aromatic N) is 3. The van der Waals surface area contributed by atoms with Crippen LogP contribution < -0.4 is 0 Å². The van der Waals surface area contributed by atoms with Crippen molar-refractivity contribution < 1.29 is 9.90 Å². The van der Waals surface area contributed by atoms with E-state index in [2.05, 4.69) is 28.4 Å². The topological polar surface area (TPSA) is 68.0 Å². The van der Waals surface area contributed by atoms with E-state index in [1.807, 2.05) is 6.07 Å². The zero-order valence-corrected chi connectivity index (χ0v) is 13.1. The molecule has 0 radical (unpaired) electrons. The molecule has 0 spiro atoms. The van der Waals surface area contributed by atoms with E-state index in [9.17, 15) is 4.79 Å². The van der Waals surface area contributed by atoms with Gasteiger partial charge in [0, 0.05) is 12.2 Å². The minimum Gasteiger partial charge on any atom is -0.481 e. The molecule has 0 saturated heterocycles. The van der Waals surface area contributed by atoms with Gasteiger partial charge in [-0.2, -0.15) is 0 Å². The molecule has 1 aliphatic rings. The number of hydrogen-bond acceptors (Lipinski definition) is 4. The highest BCUT2D eigenvalue weighted by Gasteiger charge is 2.37. The standard InChI is InChI=1S/C15H19N3O2S/c1-15(2)6-3-4-12(15)18-11-5-7-16-8-10(11)17-14(18)21-9-13(19)20/h5,7-8,12H,3-4,6,9H2,1-2H3,(H,19,20). The van der Waals surface area contributed by atoms with Crippen molar-refractivity contribution in [2.45, 2.75) is 44.3 Å². The quantitative estimate of drug-likeness (QED) is 0.877. The molecule has 1 atom stereocenters. The van der Waals surface area contributed by atoms with Gasteiger partial charge < -0.3 is 9.67 Å². The van der Waals surface area contributed by atoms with E-state index in [4.69, 9.17) is 5.11 Å². The lowest BCUT2D eigenvalue weighted by molar-refractivity contribution is -0.133. The molecule has 1 saturated carbocycles.